The highest BCUT2D eigenvalue weighted by molar-refractivity contribution is 5.95. The molecule has 1 atom stereocenters. The summed E-state index contributed by atoms with van der Waals surface area (Å²) in [6.45, 7) is 4.63. The van der Waals surface area contributed by atoms with Gasteiger partial charge in [0, 0.05) is 26.3 Å². The Labute approximate surface area is 159 Å². The van der Waals surface area contributed by atoms with Gasteiger partial charge in [0.15, 0.2) is 0 Å². The number of hydrogen-bond donors (Lipinski definition) is 3. The molecule has 8 heteroatoms. The summed E-state index contributed by atoms with van der Waals surface area (Å²) in [6, 6.07) is 5.08. The lowest BCUT2D eigenvalue weighted by Gasteiger charge is -2.36. The van der Waals surface area contributed by atoms with Crippen LogP contribution in [0.4, 0.5) is 5.69 Å². The maximum absolute atomic E-state index is 12.3. The summed E-state index contributed by atoms with van der Waals surface area (Å²) in [5, 5.41) is 14.9. The first-order valence-corrected chi connectivity index (χ1v) is 8.96. The van der Waals surface area contributed by atoms with Crippen LogP contribution in [-0.4, -0.2) is 69.0 Å². The predicted octanol–water partition coefficient (Wildman–Crippen LogP) is 0.537. The summed E-state index contributed by atoms with van der Waals surface area (Å²) in [5.74, 6) is 0.331. The van der Waals surface area contributed by atoms with Crippen LogP contribution in [0, 0.1) is 0 Å². The summed E-state index contributed by atoms with van der Waals surface area (Å²) >= 11 is 0. The predicted molar refractivity (Wildman–Crippen MR) is 102 cm³/mol. The highest BCUT2D eigenvalue weighted by atomic mass is 16.5. The van der Waals surface area contributed by atoms with Gasteiger partial charge < -0.3 is 30.1 Å². The number of nitrogens with zero attached hydrogens (tertiary/aromatic N) is 1. The molecule has 8 nitrogen and oxygen atoms in total. The van der Waals surface area contributed by atoms with Crippen LogP contribution in [0.2, 0.25) is 0 Å². The van der Waals surface area contributed by atoms with Gasteiger partial charge >= 0.3 is 0 Å². The molecule has 1 aromatic rings. The summed E-state index contributed by atoms with van der Waals surface area (Å²) in [5.41, 5.74) is 0.614. The van der Waals surface area contributed by atoms with Crippen molar-refractivity contribution in [3.63, 3.8) is 0 Å². The number of hydrogen-bond acceptors (Lipinski definition) is 6. The first-order valence-electron chi connectivity index (χ1n) is 8.96. The molecule has 0 unspecified atom stereocenters. The smallest absolute Gasteiger partial charge is 0.251 e. The molecule has 0 fully saturated rings. The van der Waals surface area contributed by atoms with Gasteiger partial charge in [0.1, 0.15) is 12.4 Å². The fraction of sp³-hybridized carbons (Fsp3) is 0.579. The van der Waals surface area contributed by atoms with Gasteiger partial charge in [0.25, 0.3) is 5.91 Å². The number of anilines is 1. The van der Waals surface area contributed by atoms with Gasteiger partial charge in [0.05, 0.1) is 36.9 Å². The second-order valence-electron chi connectivity index (χ2n) is 7.30. The molecule has 27 heavy (non-hydrogen) atoms. The Morgan fingerprint density at radius 3 is 2.81 bits per heavy atom. The molecule has 2 rings (SSSR count). The van der Waals surface area contributed by atoms with E-state index in [4.69, 9.17) is 9.47 Å². The number of carbonyl (C=O) groups is 2. The van der Waals surface area contributed by atoms with Crippen LogP contribution in [0.3, 0.4) is 0 Å². The average Bonchev–Trinajstić information content (AvgIpc) is 2.63. The highest BCUT2D eigenvalue weighted by Crippen LogP contribution is 2.34. The number of nitrogens with one attached hydrogen (secondary N) is 2. The molecule has 1 heterocycles. The summed E-state index contributed by atoms with van der Waals surface area (Å²) in [7, 11) is 3.46. The molecular weight excluding hydrogens is 350 g/mol. The van der Waals surface area contributed by atoms with E-state index >= 15 is 0 Å². The molecule has 0 bridgehead atoms. The molecule has 0 spiro atoms. The Hall–Kier alpha value is -2.32. The van der Waals surface area contributed by atoms with Crippen molar-refractivity contribution in [2.24, 2.45) is 0 Å². The number of methoxy groups -OCH3 is 1. The van der Waals surface area contributed by atoms with E-state index in [2.05, 4.69) is 10.6 Å². The number of carbonyl (C=O) groups excluding carboxylic acids is 2. The van der Waals surface area contributed by atoms with E-state index in [1.54, 1.807) is 39.2 Å². The number of ether oxygens (including phenoxy) is 2. The largest absolute Gasteiger partial charge is 0.489 e. The lowest BCUT2D eigenvalue weighted by atomic mass is 10.0. The van der Waals surface area contributed by atoms with Crippen LogP contribution in [0.25, 0.3) is 0 Å². The van der Waals surface area contributed by atoms with Crippen molar-refractivity contribution in [1.29, 1.82) is 0 Å². The number of aliphatic hydroxyl groups is 1. The van der Waals surface area contributed by atoms with E-state index in [0.717, 1.165) is 5.69 Å². The fourth-order valence-electron chi connectivity index (χ4n) is 2.80. The molecule has 3 N–H and O–H groups in total. The second-order valence-corrected chi connectivity index (χ2v) is 7.30. The molecule has 0 aliphatic carbocycles. The Morgan fingerprint density at radius 2 is 2.15 bits per heavy atom. The normalized spacial score (nSPS) is 16.3. The highest BCUT2D eigenvalue weighted by Gasteiger charge is 2.29. The zero-order valence-electron chi connectivity index (χ0n) is 16.4. The van der Waals surface area contributed by atoms with Gasteiger partial charge in [-0.15, -0.1) is 0 Å². The molecule has 1 aliphatic rings. The Morgan fingerprint density at radius 1 is 1.41 bits per heavy atom. The molecule has 0 radical (unpaired) electrons. The Balaban J connectivity index is 2.06. The lowest BCUT2D eigenvalue weighted by molar-refractivity contribution is -0.123. The third-order valence-electron chi connectivity index (χ3n) is 4.47. The van der Waals surface area contributed by atoms with Crippen molar-refractivity contribution in [3.05, 3.63) is 23.8 Å². The minimum Gasteiger partial charge on any atom is -0.489 e. The van der Waals surface area contributed by atoms with Crippen LogP contribution >= 0.6 is 0 Å². The fourth-order valence-corrected chi connectivity index (χ4v) is 2.80. The minimum absolute atomic E-state index is 0.139. The van der Waals surface area contributed by atoms with Crippen LogP contribution in [0.15, 0.2) is 18.2 Å². The van der Waals surface area contributed by atoms with Crippen molar-refractivity contribution in [2.75, 3.05) is 45.4 Å². The van der Waals surface area contributed by atoms with Crippen molar-refractivity contribution in [2.45, 2.75) is 31.8 Å². The molecule has 1 aliphatic heterocycles. The first-order chi connectivity index (χ1) is 12.8. The third kappa shape index (κ3) is 5.58. The Kier molecular flexibility index (Phi) is 7.04. The van der Waals surface area contributed by atoms with Gasteiger partial charge in [-0.3, -0.25) is 9.59 Å². The van der Waals surface area contributed by atoms with Gasteiger partial charge in [-0.1, -0.05) is 0 Å². The number of amides is 2. The molecule has 0 saturated carbocycles. The van der Waals surface area contributed by atoms with Crippen molar-refractivity contribution >= 4 is 17.5 Å². The minimum atomic E-state index is -0.670. The van der Waals surface area contributed by atoms with Crippen LogP contribution in [-0.2, 0) is 9.53 Å². The molecule has 2 amide bonds. The standard InChI is InChI=1S/C19H29N3O5/c1-19(2,12-23)21-17(24)10-14-11-27-16-6-5-13(9-15(16)22(14)3)18(25)20-7-8-26-4/h5-6,9,14,23H,7-8,10-12H2,1-4H3,(H,20,25)(H,21,24)/t14-/m1/s1. The summed E-state index contributed by atoms with van der Waals surface area (Å²) in [6.07, 6.45) is 0.226. The second kappa shape index (κ2) is 9.05. The van der Waals surface area contributed by atoms with Crippen LogP contribution < -0.4 is 20.3 Å². The van der Waals surface area contributed by atoms with Gasteiger partial charge in [-0.2, -0.15) is 0 Å². The van der Waals surface area contributed by atoms with E-state index < -0.39 is 5.54 Å². The number of aliphatic hydroxyl groups excluding tert-OH is 1. The van der Waals surface area contributed by atoms with Gasteiger partial charge in [0.2, 0.25) is 5.91 Å². The van der Waals surface area contributed by atoms with E-state index in [0.29, 0.717) is 31.1 Å². The summed E-state index contributed by atoms with van der Waals surface area (Å²) in [4.78, 5) is 26.5. The number of benzene rings is 1. The zero-order chi connectivity index (χ0) is 20.0. The van der Waals surface area contributed by atoms with E-state index in [9.17, 15) is 14.7 Å². The quantitative estimate of drug-likeness (QED) is 0.570. The molecular formula is C19H29N3O5. The third-order valence-corrected chi connectivity index (χ3v) is 4.47. The zero-order valence-corrected chi connectivity index (χ0v) is 16.4. The topological polar surface area (TPSA) is 100 Å². The molecule has 1 aromatic carbocycles. The van der Waals surface area contributed by atoms with E-state index in [1.807, 2.05) is 11.9 Å². The van der Waals surface area contributed by atoms with Crippen molar-refractivity contribution in [3.8, 4) is 5.75 Å². The molecule has 0 saturated heterocycles. The van der Waals surface area contributed by atoms with Crippen LogP contribution in [0.1, 0.15) is 30.6 Å². The molecule has 150 valence electrons. The first kappa shape index (κ1) is 21.0. The average molecular weight is 379 g/mol. The number of rotatable bonds is 8. The lowest BCUT2D eigenvalue weighted by Crippen LogP contribution is -2.50. The SMILES string of the molecule is COCCNC(=O)c1ccc2c(c1)N(C)[C@H](CC(=O)NC(C)(C)CO)CO2. The van der Waals surface area contributed by atoms with E-state index in [-0.39, 0.29) is 30.9 Å². The van der Waals surface area contributed by atoms with E-state index in [1.165, 1.54) is 0 Å². The maximum Gasteiger partial charge on any atom is 0.251 e. The number of fused-ring (bicyclic) bond motifs is 1. The Bertz CT molecular complexity index is 677. The number of likely N-dealkylation sites (N-methyl/N-ethyl adjacent to an activating group) is 1. The van der Waals surface area contributed by atoms with Crippen LogP contribution in [0.5, 0.6) is 5.75 Å². The molecule has 0 aromatic heterocycles. The van der Waals surface area contributed by atoms with Gasteiger partial charge in [-0.25, -0.2) is 0 Å². The van der Waals surface area contributed by atoms with Gasteiger partial charge in [-0.05, 0) is 32.0 Å². The maximum atomic E-state index is 12.3. The van der Waals surface area contributed by atoms with Crippen molar-refractivity contribution < 1.29 is 24.2 Å². The van der Waals surface area contributed by atoms with Crippen molar-refractivity contribution in [1.82, 2.24) is 10.6 Å². The monoisotopic (exact) mass is 379 g/mol. The summed E-state index contributed by atoms with van der Waals surface area (Å²) < 4.78 is 10.7.